The van der Waals surface area contributed by atoms with Gasteiger partial charge in [-0.2, -0.15) is 0 Å². The van der Waals surface area contributed by atoms with E-state index in [4.69, 9.17) is 0 Å². The predicted octanol–water partition coefficient (Wildman–Crippen LogP) is 1.17. The number of hydrogen-bond donors (Lipinski definition) is 0. The Kier molecular flexibility index (Phi) is 3.37. The lowest BCUT2D eigenvalue weighted by Crippen LogP contribution is -2.55. The van der Waals surface area contributed by atoms with Gasteiger partial charge in [0.25, 0.3) is 0 Å². The number of nitrogens with zero attached hydrogens (tertiary/aromatic N) is 7. The van der Waals surface area contributed by atoms with E-state index in [1.165, 1.54) is 11.9 Å². The zero-order valence-corrected chi connectivity index (χ0v) is 14.5. The van der Waals surface area contributed by atoms with Crippen LogP contribution in [0.5, 0.6) is 0 Å². The average Bonchev–Trinajstić information content (AvgIpc) is 3.02. The van der Waals surface area contributed by atoms with Crippen LogP contribution in [0.25, 0.3) is 11.2 Å². The fraction of sp³-hybridized carbons (Fsp3) is 0.389. The number of carbonyl (C=O) groups is 1. The molecule has 0 N–H and O–H groups in total. The van der Waals surface area contributed by atoms with E-state index in [2.05, 4.69) is 37.3 Å². The summed E-state index contributed by atoms with van der Waals surface area (Å²) in [4.78, 5) is 25.6. The van der Waals surface area contributed by atoms with Crippen molar-refractivity contribution in [2.45, 2.75) is 12.8 Å². The monoisotopic (exact) mass is 349 g/mol. The normalized spacial score (nSPS) is 17.3. The second-order valence-electron chi connectivity index (χ2n) is 6.91. The SMILES string of the molecule is Cn1nnc2c(N3CC(C(=O)N4CCCc5ccccc54)C3)ncnc21. The summed E-state index contributed by atoms with van der Waals surface area (Å²) in [6, 6.07) is 8.21. The fourth-order valence-electron chi connectivity index (χ4n) is 3.86. The number of amides is 1. The number of carbonyl (C=O) groups excluding carboxylic acids is 1. The first kappa shape index (κ1) is 15.2. The first-order valence-electron chi connectivity index (χ1n) is 8.87. The number of aryl methyl sites for hydroxylation is 2. The molecule has 5 rings (SSSR count). The van der Waals surface area contributed by atoms with Crippen LogP contribution in [-0.4, -0.2) is 50.5 Å². The number of rotatable bonds is 2. The van der Waals surface area contributed by atoms with Gasteiger partial charge in [-0.05, 0) is 24.5 Å². The molecule has 26 heavy (non-hydrogen) atoms. The third-order valence-corrected chi connectivity index (χ3v) is 5.28. The standard InChI is InChI=1S/C18H19N7O/c1-23-16-15(21-22-23)17(20-11-19-16)24-9-13(10-24)18(26)25-8-4-6-12-5-2-3-7-14(12)25/h2-3,5,7,11,13H,4,6,8-10H2,1H3. The Hall–Kier alpha value is -3.03. The van der Waals surface area contributed by atoms with Crippen LogP contribution >= 0.6 is 0 Å². The highest BCUT2D eigenvalue weighted by molar-refractivity contribution is 5.98. The maximum Gasteiger partial charge on any atom is 0.233 e. The molecule has 1 saturated heterocycles. The lowest BCUT2D eigenvalue weighted by Gasteiger charge is -2.42. The van der Waals surface area contributed by atoms with Crippen LogP contribution in [0.3, 0.4) is 0 Å². The van der Waals surface area contributed by atoms with Crippen molar-refractivity contribution in [3.05, 3.63) is 36.2 Å². The highest BCUT2D eigenvalue weighted by atomic mass is 16.2. The molecule has 2 aromatic heterocycles. The number of aromatic nitrogens is 5. The quantitative estimate of drug-likeness (QED) is 0.691. The van der Waals surface area contributed by atoms with Crippen molar-refractivity contribution < 1.29 is 4.79 Å². The van der Waals surface area contributed by atoms with Gasteiger partial charge in [-0.25, -0.2) is 14.6 Å². The minimum atomic E-state index is -0.0113. The van der Waals surface area contributed by atoms with Crippen molar-refractivity contribution in [1.82, 2.24) is 25.0 Å². The van der Waals surface area contributed by atoms with Crippen LogP contribution in [0, 0.1) is 5.92 Å². The molecule has 0 radical (unpaired) electrons. The number of benzene rings is 1. The first-order chi connectivity index (χ1) is 12.7. The Bertz CT molecular complexity index is 992. The minimum absolute atomic E-state index is 0.0113. The molecule has 0 bridgehead atoms. The summed E-state index contributed by atoms with van der Waals surface area (Å²) in [6.45, 7) is 2.11. The maximum atomic E-state index is 13.0. The molecule has 0 aliphatic carbocycles. The summed E-state index contributed by atoms with van der Waals surface area (Å²) < 4.78 is 1.63. The molecule has 132 valence electrons. The van der Waals surface area contributed by atoms with E-state index in [0.717, 1.165) is 30.9 Å². The second kappa shape index (κ2) is 5.76. The van der Waals surface area contributed by atoms with Crippen molar-refractivity contribution in [3.8, 4) is 0 Å². The van der Waals surface area contributed by atoms with Gasteiger partial charge in [-0.3, -0.25) is 4.79 Å². The smallest absolute Gasteiger partial charge is 0.233 e. The molecule has 2 aliphatic heterocycles. The predicted molar refractivity (Wildman–Crippen MR) is 96.9 cm³/mol. The maximum absolute atomic E-state index is 13.0. The molecule has 0 saturated carbocycles. The van der Waals surface area contributed by atoms with Crippen LogP contribution < -0.4 is 9.80 Å². The first-order valence-corrected chi connectivity index (χ1v) is 8.87. The van der Waals surface area contributed by atoms with Crippen molar-refractivity contribution in [1.29, 1.82) is 0 Å². The molecule has 1 amide bonds. The van der Waals surface area contributed by atoms with E-state index < -0.39 is 0 Å². The fourth-order valence-corrected chi connectivity index (χ4v) is 3.86. The van der Waals surface area contributed by atoms with Gasteiger partial charge >= 0.3 is 0 Å². The molecule has 0 unspecified atom stereocenters. The highest BCUT2D eigenvalue weighted by Gasteiger charge is 2.38. The Morgan fingerprint density at radius 3 is 2.92 bits per heavy atom. The van der Waals surface area contributed by atoms with Crippen molar-refractivity contribution >= 4 is 28.6 Å². The van der Waals surface area contributed by atoms with E-state index in [9.17, 15) is 4.79 Å². The Morgan fingerprint density at radius 2 is 2.04 bits per heavy atom. The number of para-hydroxylation sites is 1. The van der Waals surface area contributed by atoms with Gasteiger partial charge in [-0.15, -0.1) is 5.10 Å². The van der Waals surface area contributed by atoms with Gasteiger partial charge in [0.05, 0.1) is 5.92 Å². The third-order valence-electron chi connectivity index (χ3n) is 5.28. The van der Waals surface area contributed by atoms with E-state index in [1.54, 1.807) is 4.68 Å². The van der Waals surface area contributed by atoms with Crippen LogP contribution in [0.15, 0.2) is 30.6 Å². The highest BCUT2D eigenvalue weighted by Crippen LogP contribution is 2.32. The van der Waals surface area contributed by atoms with E-state index in [1.807, 2.05) is 24.1 Å². The molecule has 1 fully saturated rings. The van der Waals surface area contributed by atoms with Crippen LogP contribution in [0.4, 0.5) is 11.5 Å². The topological polar surface area (TPSA) is 80.0 Å². The largest absolute Gasteiger partial charge is 0.353 e. The summed E-state index contributed by atoms with van der Waals surface area (Å²) in [6.07, 6.45) is 3.59. The van der Waals surface area contributed by atoms with Crippen molar-refractivity contribution in [2.75, 3.05) is 29.4 Å². The molecule has 4 heterocycles. The lowest BCUT2D eigenvalue weighted by molar-refractivity contribution is -0.123. The lowest BCUT2D eigenvalue weighted by atomic mass is 9.95. The Labute approximate surface area is 150 Å². The average molecular weight is 349 g/mol. The van der Waals surface area contributed by atoms with Crippen molar-refractivity contribution in [2.24, 2.45) is 13.0 Å². The molecule has 0 spiro atoms. The molecule has 3 aromatic rings. The number of fused-ring (bicyclic) bond motifs is 2. The molecule has 2 aliphatic rings. The molecular formula is C18H19N7O. The summed E-state index contributed by atoms with van der Waals surface area (Å²) in [5, 5.41) is 8.17. The zero-order valence-electron chi connectivity index (χ0n) is 14.5. The van der Waals surface area contributed by atoms with Crippen LogP contribution in [0.1, 0.15) is 12.0 Å². The van der Waals surface area contributed by atoms with Gasteiger partial charge < -0.3 is 9.80 Å². The van der Waals surface area contributed by atoms with Crippen LogP contribution in [-0.2, 0) is 18.3 Å². The van der Waals surface area contributed by atoms with Crippen molar-refractivity contribution in [3.63, 3.8) is 0 Å². The van der Waals surface area contributed by atoms with Gasteiger partial charge in [0.2, 0.25) is 5.91 Å². The second-order valence-corrected chi connectivity index (χ2v) is 6.91. The Balaban J connectivity index is 1.35. The van der Waals surface area contributed by atoms with E-state index in [-0.39, 0.29) is 11.8 Å². The van der Waals surface area contributed by atoms with Gasteiger partial charge in [0.1, 0.15) is 6.33 Å². The summed E-state index contributed by atoms with van der Waals surface area (Å²) in [5.41, 5.74) is 3.72. The number of anilines is 2. The molecule has 8 nitrogen and oxygen atoms in total. The van der Waals surface area contributed by atoms with Gasteiger partial charge in [0, 0.05) is 32.4 Å². The summed E-state index contributed by atoms with van der Waals surface area (Å²) in [5.74, 6) is 0.951. The summed E-state index contributed by atoms with van der Waals surface area (Å²) in [7, 11) is 1.81. The summed E-state index contributed by atoms with van der Waals surface area (Å²) >= 11 is 0. The number of hydrogen-bond acceptors (Lipinski definition) is 6. The minimum Gasteiger partial charge on any atom is -0.353 e. The Morgan fingerprint density at radius 1 is 1.19 bits per heavy atom. The van der Waals surface area contributed by atoms with E-state index >= 15 is 0 Å². The van der Waals surface area contributed by atoms with E-state index in [0.29, 0.717) is 24.3 Å². The van der Waals surface area contributed by atoms with Crippen LogP contribution in [0.2, 0.25) is 0 Å². The zero-order chi connectivity index (χ0) is 17.7. The molecule has 8 heteroatoms. The van der Waals surface area contributed by atoms with Gasteiger partial charge in [-0.1, -0.05) is 23.4 Å². The molecular weight excluding hydrogens is 330 g/mol. The molecule has 1 aromatic carbocycles. The molecule has 0 atom stereocenters. The third kappa shape index (κ3) is 2.25. The van der Waals surface area contributed by atoms with Gasteiger partial charge in [0.15, 0.2) is 17.0 Å².